The fourth-order valence-electron chi connectivity index (χ4n) is 1.80. The minimum absolute atomic E-state index is 0.0220. The summed E-state index contributed by atoms with van der Waals surface area (Å²) in [5.74, 6) is -0.127. The molecule has 102 valence electrons. The number of aryl methyl sites for hydroxylation is 1. The molecule has 1 N–H and O–H groups in total. The van der Waals surface area contributed by atoms with Crippen LogP contribution in [0.2, 0.25) is 0 Å². The molecule has 19 heavy (non-hydrogen) atoms. The number of hydrogen-bond acceptors (Lipinski definition) is 6. The molecule has 0 aliphatic heterocycles. The quantitative estimate of drug-likeness (QED) is 0.864. The third kappa shape index (κ3) is 3.34. The number of aliphatic carboxylic acids is 1. The van der Waals surface area contributed by atoms with Crippen LogP contribution in [0, 0.1) is 12.8 Å². The number of rotatable bonds is 6. The average Bonchev–Trinajstić information content (AvgIpc) is 2.96. The topological polar surface area (TPSA) is 93.8 Å². The van der Waals surface area contributed by atoms with Crippen molar-refractivity contribution in [3.63, 3.8) is 0 Å². The second-order valence-electron chi connectivity index (χ2n) is 4.30. The summed E-state index contributed by atoms with van der Waals surface area (Å²) in [6, 6.07) is 0. The van der Waals surface area contributed by atoms with Crippen molar-refractivity contribution in [2.45, 2.75) is 33.2 Å². The smallest absolute Gasteiger partial charge is 0.303 e. The van der Waals surface area contributed by atoms with Gasteiger partial charge in [-0.2, -0.15) is 0 Å². The van der Waals surface area contributed by atoms with Gasteiger partial charge in [-0.3, -0.25) is 4.79 Å². The van der Waals surface area contributed by atoms with Gasteiger partial charge >= 0.3 is 5.97 Å². The van der Waals surface area contributed by atoms with Gasteiger partial charge in [-0.1, -0.05) is 13.3 Å². The fraction of sp³-hybridized carbons (Fsp3) is 0.545. The van der Waals surface area contributed by atoms with Gasteiger partial charge in [-0.25, -0.2) is 9.67 Å². The van der Waals surface area contributed by atoms with E-state index in [4.69, 9.17) is 5.11 Å². The van der Waals surface area contributed by atoms with E-state index in [1.165, 1.54) is 11.3 Å². The molecule has 0 saturated heterocycles. The number of tetrazole rings is 1. The minimum atomic E-state index is -0.796. The van der Waals surface area contributed by atoms with Crippen molar-refractivity contribution in [2.24, 2.45) is 5.92 Å². The zero-order valence-corrected chi connectivity index (χ0v) is 11.6. The molecule has 0 bridgehead atoms. The van der Waals surface area contributed by atoms with Crippen LogP contribution in [0.1, 0.15) is 24.8 Å². The Morgan fingerprint density at radius 1 is 1.58 bits per heavy atom. The van der Waals surface area contributed by atoms with Crippen molar-refractivity contribution in [3.05, 3.63) is 11.2 Å². The maximum Gasteiger partial charge on any atom is 0.303 e. The predicted molar refractivity (Wildman–Crippen MR) is 69.7 cm³/mol. The van der Waals surface area contributed by atoms with Gasteiger partial charge in [-0.15, -0.1) is 16.4 Å². The van der Waals surface area contributed by atoms with Crippen LogP contribution in [0.4, 0.5) is 0 Å². The monoisotopic (exact) mass is 281 g/mol. The van der Waals surface area contributed by atoms with Gasteiger partial charge < -0.3 is 5.11 Å². The molecule has 2 aromatic heterocycles. The van der Waals surface area contributed by atoms with Gasteiger partial charge in [0, 0.05) is 19.2 Å². The second kappa shape index (κ2) is 5.87. The van der Waals surface area contributed by atoms with Crippen LogP contribution in [0.25, 0.3) is 10.7 Å². The fourth-order valence-corrected chi connectivity index (χ4v) is 2.56. The summed E-state index contributed by atoms with van der Waals surface area (Å²) < 4.78 is 1.66. The van der Waals surface area contributed by atoms with Crippen LogP contribution in [-0.4, -0.2) is 36.3 Å². The first-order valence-corrected chi connectivity index (χ1v) is 6.82. The Morgan fingerprint density at radius 2 is 2.37 bits per heavy atom. The van der Waals surface area contributed by atoms with Crippen LogP contribution < -0.4 is 0 Å². The number of thiazole rings is 1. The van der Waals surface area contributed by atoms with Gasteiger partial charge in [0.1, 0.15) is 0 Å². The zero-order chi connectivity index (χ0) is 13.8. The normalized spacial score (nSPS) is 12.5. The average molecular weight is 281 g/mol. The SMILES string of the molecule is CCC(CC(=O)O)Cn1nnnc1-c1cnc(C)s1. The Balaban J connectivity index is 2.17. The van der Waals surface area contributed by atoms with Crippen molar-refractivity contribution >= 4 is 17.3 Å². The second-order valence-corrected chi connectivity index (χ2v) is 5.54. The summed E-state index contributed by atoms with van der Waals surface area (Å²) in [6.07, 6.45) is 2.63. The van der Waals surface area contributed by atoms with Crippen LogP contribution >= 0.6 is 11.3 Å². The number of carbonyl (C=O) groups is 1. The van der Waals surface area contributed by atoms with Crippen molar-refractivity contribution in [1.29, 1.82) is 0 Å². The Kier molecular flexibility index (Phi) is 4.20. The van der Waals surface area contributed by atoms with Gasteiger partial charge in [0.2, 0.25) is 0 Å². The van der Waals surface area contributed by atoms with E-state index in [1.807, 2.05) is 13.8 Å². The molecular formula is C11H15N5O2S. The first-order chi connectivity index (χ1) is 9.10. The standard InChI is InChI=1S/C11H15N5O2S/c1-3-8(4-10(17)18)6-16-11(13-14-15-16)9-5-12-7(2)19-9/h5,8H,3-4,6H2,1-2H3,(H,17,18). The van der Waals surface area contributed by atoms with Crippen molar-refractivity contribution in [1.82, 2.24) is 25.2 Å². The number of nitrogens with zero attached hydrogens (tertiary/aromatic N) is 5. The molecule has 0 spiro atoms. The molecule has 7 nitrogen and oxygen atoms in total. The highest BCUT2D eigenvalue weighted by Gasteiger charge is 2.17. The molecule has 0 aliphatic rings. The van der Waals surface area contributed by atoms with E-state index in [0.29, 0.717) is 12.4 Å². The highest BCUT2D eigenvalue weighted by molar-refractivity contribution is 7.14. The van der Waals surface area contributed by atoms with Crippen LogP contribution in [-0.2, 0) is 11.3 Å². The third-order valence-electron chi connectivity index (χ3n) is 2.85. The first kappa shape index (κ1) is 13.6. The molecule has 8 heteroatoms. The molecule has 1 atom stereocenters. The maximum absolute atomic E-state index is 10.8. The van der Waals surface area contributed by atoms with E-state index < -0.39 is 5.97 Å². The Morgan fingerprint density at radius 3 is 2.95 bits per heavy atom. The number of aromatic nitrogens is 5. The lowest BCUT2D eigenvalue weighted by molar-refractivity contribution is -0.138. The lowest BCUT2D eigenvalue weighted by Crippen LogP contribution is -2.16. The number of hydrogen-bond donors (Lipinski definition) is 1. The predicted octanol–water partition coefficient (Wildman–Crippen LogP) is 1.61. The van der Waals surface area contributed by atoms with Gasteiger partial charge in [0.05, 0.1) is 9.88 Å². The zero-order valence-electron chi connectivity index (χ0n) is 10.8. The molecule has 0 aromatic carbocycles. The largest absolute Gasteiger partial charge is 0.481 e. The minimum Gasteiger partial charge on any atom is -0.481 e. The summed E-state index contributed by atoms with van der Waals surface area (Å²) in [5.41, 5.74) is 0. The molecule has 0 saturated carbocycles. The molecule has 0 aliphatic carbocycles. The van der Waals surface area contributed by atoms with Crippen molar-refractivity contribution in [3.8, 4) is 10.7 Å². The van der Waals surface area contributed by atoms with Crippen LogP contribution in [0.3, 0.4) is 0 Å². The van der Waals surface area contributed by atoms with Crippen molar-refractivity contribution in [2.75, 3.05) is 0 Å². The van der Waals surface area contributed by atoms with E-state index >= 15 is 0 Å². The highest BCUT2D eigenvalue weighted by atomic mass is 32.1. The highest BCUT2D eigenvalue weighted by Crippen LogP contribution is 2.24. The first-order valence-electron chi connectivity index (χ1n) is 6.01. The summed E-state index contributed by atoms with van der Waals surface area (Å²) in [6.45, 7) is 4.39. The summed E-state index contributed by atoms with van der Waals surface area (Å²) in [7, 11) is 0. The molecule has 1 unspecified atom stereocenters. The molecule has 2 heterocycles. The van der Waals surface area contributed by atoms with E-state index in [9.17, 15) is 4.79 Å². The van der Waals surface area contributed by atoms with E-state index in [1.54, 1.807) is 10.9 Å². The molecule has 2 aromatic rings. The third-order valence-corrected chi connectivity index (χ3v) is 3.75. The van der Waals surface area contributed by atoms with E-state index in [0.717, 1.165) is 16.3 Å². The van der Waals surface area contributed by atoms with Crippen LogP contribution in [0.15, 0.2) is 6.20 Å². The van der Waals surface area contributed by atoms with E-state index in [2.05, 4.69) is 20.5 Å². The Bertz CT molecular complexity index is 565. The Hall–Kier alpha value is -1.83. The number of carboxylic acids is 1. The summed E-state index contributed by atoms with van der Waals surface area (Å²) in [5, 5.41) is 21.4. The molecule has 0 amide bonds. The van der Waals surface area contributed by atoms with E-state index in [-0.39, 0.29) is 12.3 Å². The molecule has 0 radical (unpaired) electrons. The molecule has 0 fully saturated rings. The number of carboxylic acid groups (broad SMARTS) is 1. The molecule has 2 rings (SSSR count). The Labute approximate surface area is 114 Å². The van der Waals surface area contributed by atoms with Gasteiger partial charge in [0.25, 0.3) is 0 Å². The molecular weight excluding hydrogens is 266 g/mol. The maximum atomic E-state index is 10.8. The van der Waals surface area contributed by atoms with Crippen molar-refractivity contribution < 1.29 is 9.90 Å². The van der Waals surface area contributed by atoms with Gasteiger partial charge in [0.15, 0.2) is 5.82 Å². The van der Waals surface area contributed by atoms with Crippen LogP contribution in [0.5, 0.6) is 0 Å². The van der Waals surface area contributed by atoms with Gasteiger partial charge in [-0.05, 0) is 23.3 Å². The summed E-state index contributed by atoms with van der Waals surface area (Å²) >= 11 is 1.52. The summed E-state index contributed by atoms with van der Waals surface area (Å²) in [4.78, 5) is 15.9. The lowest BCUT2D eigenvalue weighted by Gasteiger charge is -2.12. The lowest BCUT2D eigenvalue weighted by atomic mass is 10.0.